The largest absolute Gasteiger partial charge is 0.352 e. The first-order valence-corrected chi connectivity index (χ1v) is 7.45. The lowest BCUT2D eigenvalue weighted by Gasteiger charge is -2.19. The van der Waals surface area contributed by atoms with Crippen LogP contribution in [0.15, 0.2) is 24.3 Å². The van der Waals surface area contributed by atoms with Crippen LogP contribution in [0.25, 0.3) is 0 Å². The fraction of sp³-hybridized carbons (Fsp3) is 0.467. The molecule has 0 bridgehead atoms. The number of halogens is 2. The van der Waals surface area contributed by atoms with Crippen molar-refractivity contribution in [2.45, 2.75) is 31.8 Å². The lowest BCUT2D eigenvalue weighted by atomic mass is 10.0. The average molecular weight is 346 g/mol. The minimum Gasteiger partial charge on any atom is -0.352 e. The van der Waals surface area contributed by atoms with E-state index in [4.69, 9.17) is 11.6 Å². The molecule has 22 heavy (non-hydrogen) atoms. The Morgan fingerprint density at radius 1 is 1.36 bits per heavy atom. The molecular formula is C15H21Cl2N3O2. The maximum atomic E-state index is 12.1. The zero-order valence-electron chi connectivity index (χ0n) is 12.4. The van der Waals surface area contributed by atoms with Gasteiger partial charge < -0.3 is 16.0 Å². The lowest BCUT2D eigenvalue weighted by Crippen LogP contribution is -2.39. The quantitative estimate of drug-likeness (QED) is 0.762. The van der Waals surface area contributed by atoms with E-state index < -0.39 is 0 Å². The minimum atomic E-state index is -0.339. The second-order valence-electron chi connectivity index (χ2n) is 5.27. The second-order valence-corrected chi connectivity index (χ2v) is 5.70. The molecule has 1 saturated heterocycles. The third kappa shape index (κ3) is 5.83. The van der Waals surface area contributed by atoms with Gasteiger partial charge in [0.2, 0.25) is 11.8 Å². The number of nitrogens with one attached hydrogen (secondary N) is 3. The SMILES string of the molecule is CC(=O)NC(CC(=O)NC1CCNC1)c1ccc(Cl)cc1.Cl. The summed E-state index contributed by atoms with van der Waals surface area (Å²) < 4.78 is 0. The number of carbonyl (C=O) groups excluding carboxylic acids is 2. The highest BCUT2D eigenvalue weighted by Crippen LogP contribution is 2.19. The van der Waals surface area contributed by atoms with Crippen LogP contribution in [-0.4, -0.2) is 30.9 Å². The monoisotopic (exact) mass is 345 g/mol. The van der Waals surface area contributed by atoms with E-state index in [-0.39, 0.29) is 42.7 Å². The predicted octanol–water partition coefficient (Wildman–Crippen LogP) is 1.81. The summed E-state index contributed by atoms with van der Waals surface area (Å²) in [5, 5.41) is 9.63. The molecule has 2 atom stereocenters. The van der Waals surface area contributed by atoms with E-state index in [2.05, 4.69) is 16.0 Å². The van der Waals surface area contributed by atoms with Gasteiger partial charge in [0.1, 0.15) is 0 Å². The van der Waals surface area contributed by atoms with Gasteiger partial charge in [0.05, 0.1) is 12.5 Å². The third-order valence-electron chi connectivity index (χ3n) is 3.46. The minimum absolute atomic E-state index is 0. The van der Waals surface area contributed by atoms with Gasteiger partial charge in [-0.25, -0.2) is 0 Å². The number of amides is 2. The van der Waals surface area contributed by atoms with Crippen molar-refractivity contribution in [3.05, 3.63) is 34.9 Å². The highest BCUT2D eigenvalue weighted by atomic mass is 35.5. The predicted molar refractivity (Wildman–Crippen MR) is 89.3 cm³/mol. The van der Waals surface area contributed by atoms with Crippen LogP contribution in [0.3, 0.4) is 0 Å². The summed E-state index contributed by atoms with van der Waals surface area (Å²) in [6.07, 6.45) is 1.16. The molecule has 1 aromatic carbocycles. The van der Waals surface area contributed by atoms with Crippen LogP contribution in [0.5, 0.6) is 0 Å². The first kappa shape index (κ1) is 18.7. The van der Waals surface area contributed by atoms with E-state index in [0.717, 1.165) is 25.1 Å². The smallest absolute Gasteiger partial charge is 0.222 e. The summed E-state index contributed by atoms with van der Waals surface area (Å²) in [5.74, 6) is -0.220. The molecule has 2 unspecified atom stereocenters. The normalized spacial score (nSPS) is 18.2. The molecule has 1 aliphatic rings. The van der Waals surface area contributed by atoms with Crippen LogP contribution in [0, 0.1) is 0 Å². The van der Waals surface area contributed by atoms with E-state index in [1.807, 2.05) is 12.1 Å². The molecule has 3 N–H and O–H groups in total. The maximum absolute atomic E-state index is 12.1. The molecule has 0 aromatic heterocycles. The van der Waals surface area contributed by atoms with Gasteiger partial charge in [0.25, 0.3) is 0 Å². The molecular weight excluding hydrogens is 325 g/mol. The van der Waals surface area contributed by atoms with Crippen LogP contribution in [0.1, 0.15) is 31.4 Å². The third-order valence-corrected chi connectivity index (χ3v) is 3.72. The zero-order valence-corrected chi connectivity index (χ0v) is 14.0. The number of hydrogen-bond acceptors (Lipinski definition) is 3. The van der Waals surface area contributed by atoms with Crippen molar-refractivity contribution in [2.75, 3.05) is 13.1 Å². The number of carbonyl (C=O) groups is 2. The van der Waals surface area contributed by atoms with Crippen LogP contribution in [0.4, 0.5) is 0 Å². The number of hydrogen-bond donors (Lipinski definition) is 3. The molecule has 0 radical (unpaired) electrons. The molecule has 1 aromatic rings. The fourth-order valence-corrected chi connectivity index (χ4v) is 2.57. The van der Waals surface area contributed by atoms with E-state index >= 15 is 0 Å². The summed E-state index contributed by atoms with van der Waals surface area (Å²) in [5.41, 5.74) is 0.870. The second kappa shape index (κ2) is 8.98. The van der Waals surface area contributed by atoms with Gasteiger partial charge in [0, 0.05) is 24.5 Å². The van der Waals surface area contributed by atoms with Gasteiger partial charge >= 0.3 is 0 Å². The molecule has 122 valence electrons. The molecule has 7 heteroatoms. The number of rotatable bonds is 5. The summed E-state index contributed by atoms with van der Waals surface area (Å²) in [7, 11) is 0. The Morgan fingerprint density at radius 3 is 2.59 bits per heavy atom. The van der Waals surface area contributed by atoms with Crippen LogP contribution in [0.2, 0.25) is 5.02 Å². The molecule has 0 saturated carbocycles. The molecule has 5 nitrogen and oxygen atoms in total. The molecule has 2 rings (SSSR count). The summed E-state index contributed by atoms with van der Waals surface area (Å²) in [6.45, 7) is 3.18. The van der Waals surface area contributed by atoms with Crippen molar-refractivity contribution in [3.8, 4) is 0 Å². The van der Waals surface area contributed by atoms with Gasteiger partial charge in [-0.2, -0.15) is 0 Å². The zero-order chi connectivity index (χ0) is 15.2. The molecule has 0 aliphatic carbocycles. The van der Waals surface area contributed by atoms with Gasteiger partial charge in [-0.15, -0.1) is 12.4 Å². The van der Waals surface area contributed by atoms with Crippen LogP contribution in [-0.2, 0) is 9.59 Å². The Labute approximate surface area is 141 Å². The van der Waals surface area contributed by atoms with Crippen LogP contribution >= 0.6 is 24.0 Å². The Hall–Kier alpha value is -1.30. The lowest BCUT2D eigenvalue weighted by molar-refractivity contribution is -0.123. The first-order chi connectivity index (χ1) is 10.0. The summed E-state index contributed by atoms with van der Waals surface area (Å²) >= 11 is 5.87. The summed E-state index contributed by atoms with van der Waals surface area (Å²) in [6, 6.07) is 7.00. The first-order valence-electron chi connectivity index (χ1n) is 7.07. The Morgan fingerprint density at radius 2 is 2.05 bits per heavy atom. The average Bonchev–Trinajstić information content (AvgIpc) is 2.91. The highest BCUT2D eigenvalue weighted by molar-refractivity contribution is 6.30. The van der Waals surface area contributed by atoms with E-state index in [0.29, 0.717) is 5.02 Å². The van der Waals surface area contributed by atoms with Crippen molar-refractivity contribution in [2.24, 2.45) is 0 Å². The van der Waals surface area contributed by atoms with Crippen molar-refractivity contribution in [3.63, 3.8) is 0 Å². The van der Waals surface area contributed by atoms with Gasteiger partial charge in [-0.05, 0) is 30.7 Å². The Balaban J connectivity index is 0.00000242. The van der Waals surface area contributed by atoms with Crippen molar-refractivity contribution < 1.29 is 9.59 Å². The van der Waals surface area contributed by atoms with Crippen molar-refractivity contribution >= 4 is 35.8 Å². The van der Waals surface area contributed by atoms with E-state index in [9.17, 15) is 9.59 Å². The van der Waals surface area contributed by atoms with Crippen molar-refractivity contribution in [1.29, 1.82) is 0 Å². The van der Waals surface area contributed by atoms with Gasteiger partial charge in [0.15, 0.2) is 0 Å². The Kier molecular flexibility index (Phi) is 7.65. The van der Waals surface area contributed by atoms with Crippen molar-refractivity contribution in [1.82, 2.24) is 16.0 Å². The summed E-state index contributed by atoms with van der Waals surface area (Å²) in [4.78, 5) is 23.5. The van der Waals surface area contributed by atoms with Gasteiger partial charge in [-0.1, -0.05) is 23.7 Å². The van der Waals surface area contributed by atoms with E-state index in [1.54, 1.807) is 12.1 Å². The molecule has 2 amide bonds. The van der Waals surface area contributed by atoms with Crippen LogP contribution < -0.4 is 16.0 Å². The number of benzene rings is 1. The molecule has 1 aliphatic heterocycles. The van der Waals surface area contributed by atoms with Gasteiger partial charge in [-0.3, -0.25) is 9.59 Å². The van der Waals surface area contributed by atoms with E-state index in [1.165, 1.54) is 6.92 Å². The maximum Gasteiger partial charge on any atom is 0.222 e. The molecule has 0 spiro atoms. The molecule has 1 heterocycles. The topological polar surface area (TPSA) is 70.2 Å². The standard InChI is InChI=1S/C15H20ClN3O2.ClH/c1-10(20)18-14(11-2-4-12(16)5-3-11)8-15(21)19-13-6-7-17-9-13;/h2-5,13-14,17H,6-9H2,1H3,(H,18,20)(H,19,21);1H. The molecule has 1 fully saturated rings. The fourth-order valence-electron chi connectivity index (χ4n) is 2.44. The highest BCUT2D eigenvalue weighted by Gasteiger charge is 2.21. The Bertz CT molecular complexity index is 502.